The molecule has 1 aromatic carbocycles. The van der Waals surface area contributed by atoms with Gasteiger partial charge in [0, 0.05) is 26.0 Å². The van der Waals surface area contributed by atoms with Gasteiger partial charge in [0.2, 0.25) is 0 Å². The highest BCUT2D eigenvalue weighted by atomic mass is 19.1. The average Bonchev–Trinajstić information content (AvgIpc) is 3.24. The number of benzene rings is 1. The van der Waals surface area contributed by atoms with E-state index >= 15 is 0 Å². The predicted octanol–water partition coefficient (Wildman–Crippen LogP) is 2.56. The Morgan fingerprint density at radius 1 is 1.39 bits per heavy atom. The zero-order valence-electron chi connectivity index (χ0n) is 12.9. The highest BCUT2D eigenvalue weighted by Crippen LogP contribution is 2.17. The van der Waals surface area contributed by atoms with Crippen molar-refractivity contribution in [1.82, 2.24) is 15.1 Å². The van der Waals surface area contributed by atoms with Crippen LogP contribution in [0.5, 0.6) is 0 Å². The molecule has 6 heteroatoms. The van der Waals surface area contributed by atoms with Crippen LogP contribution in [0.1, 0.15) is 29.6 Å². The summed E-state index contributed by atoms with van der Waals surface area (Å²) in [6.07, 6.45) is 6.32. The second-order valence-corrected chi connectivity index (χ2v) is 5.78. The van der Waals surface area contributed by atoms with E-state index in [1.807, 2.05) is 0 Å². The molecule has 1 amide bonds. The Morgan fingerprint density at radius 3 is 2.96 bits per heavy atom. The Bertz CT molecular complexity index is 648. The lowest BCUT2D eigenvalue weighted by Crippen LogP contribution is -2.24. The third-order valence-electron chi connectivity index (χ3n) is 4.03. The number of nitrogens with one attached hydrogen (secondary N) is 1. The van der Waals surface area contributed by atoms with Gasteiger partial charge in [0.05, 0.1) is 17.4 Å². The summed E-state index contributed by atoms with van der Waals surface area (Å²) in [5.41, 5.74) is 1.21. The minimum Gasteiger partial charge on any atom is -0.381 e. The van der Waals surface area contributed by atoms with Gasteiger partial charge in [0.25, 0.3) is 5.91 Å². The minimum absolute atomic E-state index is 0.138. The number of rotatable bonds is 6. The fourth-order valence-electron chi connectivity index (χ4n) is 2.68. The lowest BCUT2D eigenvalue weighted by atomic mass is 10.0. The molecule has 0 aliphatic carbocycles. The molecule has 23 heavy (non-hydrogen) atoms. The van der Waals surface area contributed by atoms with Crippen LogP contribution in [0, 0.1) is 11.7 Å². The number of carbonyl (C=O) groups excluding carboxylic acids is 1. The Kier molecular flexibility index (Phi) is 5.02. The first kappa shape index (κ1) is 15.7. The van der Waals surface area contributed by atoms with Gasteiger partial charge in [-0.2, -0.15) is 5.10 Å². The molecule has 0 saturated carbocycles. The SMILES string of the molecule is O=C(NCCC[C@H]1CCOC1)c1cnn(-c2ccc(F)cc2)c1. The normalized spacial score (nSPS) is 17.3. The molecule has 1 aliphatic rings. The van der Waals surface area contributed by atoms with Crippen molar-refractivity contribution in [2.24, 2.45) is 5.92 Å². The summed E-state index contributed by atoms with van der Waals surface area (Å²) in [5, 5.41) is 7.05. The summed E-state index contributed by atoms with van der Waals surface area (Å²) in [6, 6.07) is 5.97. The molecule has 2 heterocycles. The molecule has 3 rings (SSSR count). The number of ether oxygens (including phenoxy) is 1. The van der Waals surface area contributed by atoms with Crippen LogP contribution >= 0.6 is 0 Å². The third-order valence-corrected chi connectivity index (χ3v) is 4.03. The van der Waals surface area contributed by atoms with Crippen LogP contribution in [0.4, 0.5) is 4.39 Å². The fourth-order valence-corrected chi connectivity index (χ4v) is 2.68. The monoisotopic (exact) mass is 317 g/mol. The van der Waals surface area contributed by atoms with Gasteiger partial charge in [0.15, 0.2) is 0 Å². The van der Waals surface area contributed by atoms with Crippen LogP contribution in [0.25, 0.3) is 5.69 Å². The highest BCUT2D eigenvalue weighted by Gasteiger charge is 2.15. The molecule has 0 radical (unpaired) electrons. The summed E-state index contributed by atoms with van der Waals surface area (Å²) in [4.78, 5) is 12.1. The molecule has 1 aromatic heterocycles. The number of carbonyl (C=O) groups is 1. The van der Waals surface area contributed by atoms with Crippen molar-refractivity contribution in [3.8, 4) is 5.69 Å². The molecule has 1 saturated heterocycles. The molecule has 2 aromatic rings. The van der Waals surface area contributed by atoms with Crippen LogP contribution in [-0.4, -0.2) is 35.4 Å². The third kappa shape index (κ3) is 4.16. The van der Waals surface area contributed by atoms with E-state index in [1.165, 1.54) is 18.3 Å². The Morgan fingerprint density at radius 2 is 2.22 bits per heavy atom. The zero-order chi connectivity index (χ0) is 16.1. The summed E-state index contributed by atoms with van der Waals surface area (Å²) in [6.45, 7) is 2.36. The Labute approximate surface area is 134 Å². The maximum absolute atomic E-state index is 12.9. The first-order valence-electron chi connectivity index (χ1n) is 7.89. The van der Waals surface area contributed by atoms with Gasteiger partial charge >= 0.3 is 0 Å². The predicted molar refractivity (Wildman–Crippen MR) is 84.0 cm³/mol. The van der Waals surface area contributed by atoms with Crippen LogP contribution in [0.2, 0.25) is 0 Å². The quantitative estimate of drug-likeness (QED) is 0.833. The topological polar surface area (TPSA) is 56.1 Å². The molecule has 0 bridgehead atoms. The minimum atomic E-state index is -0.300. The summed E-state index contributed by atoms with van der Waals surface area (Å²) in [5.74, 6) is 0.195. The van der Waals surface area contributed by atoms with Crippen molar-refractivity contribution in [1.29, 1.82) is 0 Å². The van der Waals surface area contributed by atoms with Crippen LogP contribution in [0.3, 0.4) is 0 Å². The van der Waals surface area contributed by atoms with Gasteiger partial charge < -0.3 is 10.1 Å². The molecule has 5 nitrogen and oxygen atoms in total. The molecule has 1 aliphatic heterocycles. The molecule has 0 spiro atoms. The van der Waals surface area contributed by atoms with Crippen LogP contribution in [0.15, 0.2) is 36.7 Å². The number of hydrogen-bond donors (Lipinski definition) is 1. The maximum Gasteiger partial charge on any atom is 0.254 e. The van der Waals surface area contributed by atoms with Crippen LogP contribution in [-0.2, 0) is 4.74 Å². The largest absolute Gasteiger partial charge is 0.381 e. The summed E-state index contributed by atoms with van der Waals surface area (Å²) in [7, 11) is 0. The molecule has 1 fully saturated rings. The maximum atomic E-state index is 12.9. The van der Waals surface area contributed by atoms with Gasteiger partial charge in [0.1, 0.15) is 5.82 Å². The Hall–Kier alpha value is -2.21. The molecule has 1 N–H and O–H groups in total. The second-order valence-electron chi connectivity index (χ2n) is 5.78. The molecule has 1 atom stereocenters. The van der Waals surface area contributed by atoms with Crippen LogP contribution < -0.4 is 5.32 Å². The smallest absolute Gasteiger partial charge is 0.254 e. The lowest BCUT2D eigenvalue weighted by molar-refractivity contribution is 0.0952. The number of halogens is 1. The standard InChI is InChI=1S/C17H20FN3O2/c18-15-3-5-16(6-4-15)21-11-14(10-20-21)17(22)19-8-1-2-13-7-9-23-12-13/h3-6,10-11,13H,1-2,7-9,12H2,(H,19,22)/t13-/m0/s1. The number of aromatic nitrogens is 2. The van der Waals surface area contributed by atoms with Gasteiger partial charge in [-0.15, -0.1) is 0 Å². The molecular weight excluding hydrogens is 297 g/mol. The number of amides is 1. The van der Waals surface area contributed by atoms with Crippen molar-refractivity contribution in [2.45, 2.75) is 19.3 Å². The average molecular weight is 317 g/mol. The van der Waals surface area contributed by atoms with Crippen molar-refractivity contribution in [3.63, 3.8) is 0 Å². The summed E-state index contributed by atoms with van der Waals surface area (Å²) < 4.78 is 19.8. The van der Waals surface area contributed by atoms with Crippen molar-refractivity contribution in [3.05, 3.63) is 48.0 Å². The van der Waals surface area contributed by atoms with E-state index in [0.717, 1.165) is 32.5 Å². The number of hydrogen-bond acceptors (Lipinski definition) is 3. The Balaban J connectivity index is 1.48. The molecule has 122 valence electrons. The fraction of sp³-hybridized carbons (Fsp3) is 0.412. The van der Waals surface area contributed by atoms with E-state index in [2.05, 4.69) is 10.4 Å². The van der Waals surface area contributed by atoms with E-state index < -0.39 is 0 Å². The zero-order valence-corrected chi connectivity index (χ0v) is 12.9. The van der Waals surface area contributed by atoms with Crippen molar-refractivity contribution in [2.75, 3.05) is 19.8 Å². The van der Waals surface area contributed by atoms with E-state index in [4.69, 9.17) is 4.74 Å². The van der Waals surface area contributed by atoms with Gasteiger partial charge in [-0.05, 0) is 49.4 Å². The van der Waals surface area contributed by atoms with E-state index in [0.29, 0.717) is 23.7 Å². The number of nitrogens with zero attached hydrogens (tertiary/aromatic N) is 2. The first-order chi connectivity index (χ1) is 11.2. The highest BCUT2D eigenvalue weighted by molar-refractivity contribution is 5.93. The first-order valence-corrected chi connectivity index (χ1v) is 7.89. The lowest BCUT2D eigenvalue weighted by Gasteiger charge is -2.07. The molecule has 0 unspecified atom stereocenters. The van der Waals surface area contributed by atoms with Gasteiger partial charge in [-0.1, -0.05) is 0 Å². The van der Waals surface area contributed by atoms with Gasteiger partial charge in [-0.3, -0.25) is 4.79 Å². The molecular formula is C17H20FN3O2. The second kappa shape index (κ2) is 7.37. The van der Waals surface area contributed by atoms with Gasteiger partial charge in [-0.25, -0.2) is 9.07 Å². The van der Waals surface area contributed by atoms with E-state index in [9.17, 15) is 9.18 Å². The summed E-state index contributed by atoms with van der Waals surface area (Å²) >= 11 is 0. The van der Waals surface area contributed by atoms with E-state index in [1.54, 1.807) is 23.0 Å². The van der Waals surface area contributed by atoms with E-state index in [-0.39, 0.29) is 11.7 Å². The van der Waals surface area contributed by atoms with Crippen molar-refractivity contribution < 1.29 is 13.9 Å². The van der Waals surface area contributed by atoms with Crippen molar-refractivity contribution >= 4 is 5.91 Å².